The number of benzene rings is 2. The normalized spacial score (nSPS) is 11.9. The summed E-state index contributed by atoms with van der Waals surface area (Å²) in [5, 5.41) is -0.532. The molecule has 25 heavy (non-hydrogen) atoms. The van der Waals surface area contributed by atoms with Crippen LogP contribution in [0.15, 0.2) is 42.5 Å². The Hall–Kier alpha value is -2.26. The number of hydrogen-bond donors (Lipinski definition) is 1. The largest absolute Gasteiger partial charge is 0.457 e. The van der Waals surface area contributed by atoms with Crippen LogP contribution in [0.4, 0.5) is 13.2 Å². The highest BCUT2D eigenvalue weighted by Gasteiger charge is 2.33. The molecule has 0 heterocycles. The van der Waals surface area contributed by atoms with Crippen molar-refractivity contribution in [2.45, 2.75) is 6.18 Å². The Morgan fingerprint density at radius 1 is 1.12 bits per heavy atom. The molecule has 0 aromatic heterocycles. The van der Waals surface area contributed by atoms with E-state index in [4.69, 9.17) is 16.3 Å². The smallest absolute Gasteiger partial charge is 0.417 e. The average molecular weight is 394 g/mol. The highest BCUT2D eigenvalue weighted by molar-refractivity contribution is 7.89. The van der Waals surface area contributed by atoms with E-state index in [2.05, 4.69) is 0 Å². The molecule has 1 amide bonds. The van der Waals surface area contributed by atoms with Gasteiger partial charge in [-0.3, -0.25) is 4.79 Å². The average Bonchev–Trinajstić information content (AvgIpc) is 2.44. The van der Waals surface area contributed by atoms with E-state index in [1.54, 1.807) is 4.72 Å². The van der Waals surface area contributed by atoms with E-state index in [1.165, 1.54) is 24.3 Å². The first-order chi connectivity index (χ1) is 11.5. The first-order valence-electron chi connectivity index (χ1n) is 6.62. The molecule has 1 N–H and O–H groups in total. The predicted molar refractivity (Wildman–Crippen MR) is 85.3 cm³/mol. The minimum atomic E-state index is -4.58. The first-order valence-corrected chi connectivity index (χ1v) is 8.89. The maximum atomic E-state index is 12.7. The maximum absolute atomic E-state index is 12.7. The predicted octanol–water partition coefficient (Wildman–Crippen LogP) is 3.84. The van der Waals surface area contributed by atoms with Crippen LogP contribution in [-0.2, 0) is 16.2 Å². The highest BCUT2D eigenvalue weighted by atomic mass is 35.5. The summed E-state index contributed by atoms with van der Waals surface area (Å²) < 4.78 is 67.3. The van der Waals surface area contributed by atoms with Crippen molar-refractivity contribution in [2.75, 3.05) is 6.26 Å². The lowest BCUT2D eigenvalue weighted by molar-refractivity contribution is -0.137. The third kappa shape index (κ3) is 5.36. The van der Waals surface area contributed by atoms with Gasteiger partial charge in [-0.1, -0.05) is 17.7 Å². The van der Waals surface area contributed by atoms with Crippen LogP contribution < -0.4 is 9.46 Å². The molecule has 2 aromatic rings. The molecule has 0 fully saturated rings. The molecule has 0 aliphatic heterocycles. The number of sulfonamides is 1. The number of amides is 1. The van der Waals surface area contributed by atoms with Gasteiger partial charge in [-0.05, 0) is 30.3 Å². The number of hydrogen-bond acceptors (Lipinski definition) is 4. The van der Waals surface area contributed by atoms with E-state index in [9.17, 15) is 26.4 Å². The summed E-state index contributed by atoms with van der Waals surface area (Å²) in [4.78, 5) is 11.8. The number of alkyl halides is 3. The molecule has 10 heteroatoms. The fourth-order valence-electron chi connectivity index (χ4n) is 1.85. The Labute approximate surface area is 146 Å². The van der Waals surface area contributed by atoms with E-state index < -0.39 is 32.7 Å². The number of ether oxygens (including phenoxy) is 1. The Morgan fingerprint density at radius 3 is 2.32 bits per heavy atom. The molecule has 2 rings (SSSR count). The first kappa shape index (κ1) is 19.1. The van der Waals surface area contributed by atoms with Crippen molar-refractivity contribution in [1.29, 1.82) is 0 Å². The van der Waals surface area contributed by atoms with Gasteiger partial charge < -0.3 is 4.74 Å². The van der Waals surface area contributed by atoms with Crippen LogP contribution in [0.5, 0.6) is 11.5 Å². The second-order valence-corrected chi connectivity index (χ2v) is 7.13. The van der Waals surface area contributed by atoms with Crippen molar-refractivity contribution in [2.24, 2.45) is 0 Å². The van der Waals surface area contributed by atoms with Crippen molar-refractivity contribution < 1.29 is 31.1 Å². The Kier molecular flexibility index (Phi) is 5.28. The van der Waals surface area contributed by atoms with Gasteiger partial charge in [-0.25, -0.2) is 13.1 Å². The highest BCUT2D eigenvalue weighted by Crippen LogP contribution is 2.37. The van der Waals surface area contributed by atoms with Crippen molar-refractivity contribution >= 4 is 27.5 Å². The van der Waals surface area contributed by atoms with E-state index in [-0.39, 0.29) is 17.1 Å². The minimum Gasteiger partial charge on any atom is -0.457 e. The van der Waals surface area contributed by atoms with Crippen LogP contribution in [0.1, 0.15) is 15.9 Å². The summed E-state index contributed by atoms with van der Waals surface area (Å²) in [5.74, 6) is -0.714. The Balaban J connectivity index is 2.23. The number of rotatable bonds is 4. The van der Waals surface area contributed by atoms with Gasteiger partial charge >= 0.3 is 6.18 Å². The van der Waals surface area contributed by atoms with Gasteiger partial charge in [0, 0.05) is 11.6 Å². The molecule has 0 aliphatic rings. The number of halogens is 4. The molecule has 0 bridgehead atoms. The van der Waals surface area contributed by atoms with Gasteiger partial charge in [-0.2, -0.15) is 13.2 Å². The molecule has 5 nitrogen and oxygen atoms in total. The zero-order chi connectivity index (χ0) is 18.8. The summed E-state index contributed by atoms with van der Waals surface area (Å²) in [6.45, 7) is 0. The Morgan fingerprint density at radius 2 is 1.76 bits per heavy atom. The SMILES string of the molecule is CS(=O)(=O)NC(=O)c1cccc(Oc2ccc(C(F)(F)F)c(Cl)c2)c1. The van der Waals surface area contributed by atoms with Crippen LogP contribution in [-0.4, -0.2) is 20.6 Å². The van der Waals surface area contributed by atoms with Crippen molar-refractivity contribution in [3.63, 3.8) is 0 Å². The van der Waals surface area contributed by atoms with Crippen LogP contribution in [0.25, 0.3) is 0 Å². The van der Waals surface area contributed by atoms with Gasteiger partial charge in [0.15, 0.2) is 0 Å². The molecule has 0 radical (unpaired) electrons. The lowest BCUT2D eigenvalue weighted by Gasteiger charge is -2.11. The van der Waals surface area contributed by atoms with Gasteiger partial charge in [-0.15, -0.1) is 0 Å². The molecular formula is C15H11ClF3NO4S. The summed E-state index contributed by atoms with van der Waals surface area (Å²) in [6.07, 6.45) is -3.76. The number of carbonyl (C=O) groups is 1. The molecule has 0 unspecified atom stereocenters. The quantitative estimate of drug-likeness (QED) is 0.856. The third-order valence-corrected chi connectivity index (χ3v) is 3.72. The molecule has 0 spiro atoms. The van der Waals surface area contributed by atoms with Crippen LogP contribution in [0.3, 0.4) is 0 Å². The monoisotopic (exact) mass is 393 g/mol. The third-order valence-electron chi connectivity index (χ3n) is 2.86. The molecule has 0 aliphatic carbocycles. The molecule has 0 saturated heterocycles. The summed E-state index contributed by atoms with van der Waals surface area (Å²) in [5.41, 5.74) is -0.997. The summed E-state index contributed by atoms with van der Waals surface area (Å²) >= 11 is 5.60. The maximum Gasteiger partial charge on any atom is 0.417 e. The van der Waals surface area contributed by atoms with Crippen molar-refractivity contribution in [1.82, 2.24) is 4.72 Å². The lowest BCUT2D eigenvalue weighted by atomic mass is 10.2. The zero-order valence-corrected chi connectivity index (χ0v) is 14.2. The van der Waals surface area contributed by atoms with Crippen LogP contribution in [0.2, 0.25) is 5.02 Å². The molecule has 134 valence electrons. The second-order valence-electron chi connectivity index (χ2n) is 4.97. The van der Waals surface area contributed by atoms with Crippen molar-refractivity contribution in [3.05, 3.63) is 58.6 Å². The fourth-order valence-corrected chi connectivity index (χ4v) is 2.59. The molecule has 2 aromatic carbocycles. The standard InChI is InChI=1S/C15H11ClF3NO4S/c1-25(22,23)20-14(21)9-3-2-4-10(7-9)24-11-5-6-12(13(16)8-11)15(17,18)19/h2-8H,1H3,(H,20,21). The number of carbonyl (C=O) groups excluding carboxylic acids is 1. The van der Waals surface area contributed by atoms with Crippen molar-refractivity contribution in [3.8, 4) is 11.5 Å². The minimum absolute atomic E-state index is 0.000864. The van der Waals surface area contributed by atoms with Gasteiger partial charge in [0.2, 0.25) is 10.0 Å². The fraction of sp³-hybridized carbons (Fsp3) is 0.133. The second kappa shape index (κ2) is 6.93. The number of nitrogens with one attached hydrogen (secondary N) is 1. The summed E-state index contributed by atoms with van der Waals surface area (Å²) in [7, 11) is -3.73. The van der Waals surface area contributed by atoms with Gasteiger partial charge in [0.25, 0.3) is 5.91 Å². The topological polar surface area (TPSA) is 72.5 Å². The van der Waals surface area contributed by atoms with Crippen LogP contribution in [0, 0.1) is 0 Å². The summed E-state index contributed by atoms with van der Waals surface area (Å²) in [6, 6.07) is 8.32. The molecular weight excluding hydrogens is 383 g/mol. The zero-order valence-electron chi connectivity index (χ0n) is 12.6. The van der Waals surface area contributed by atoms with E-state index >= 15 is 0 Å². The van der Waals surface area contributed by atoms with E-state index in [1.807, 2.05) is 0 Å². The molecule has 0 atom stereocenters. The lowest BCUT2D eigenvalue weighted by Crippen LogP contribution is -2.29. The molecule has 0 saturated carbocycles. The van der Waals surface area contributed by atoms with Gasteiger partial charge in [0.05, 0.1) is 16.8 Å². The Bertz CT molecular complexity index is 913. The van der Waals surface area contributed by atoms with Gasteiger partial charge in [0.1, 0.15) is 11.5 Å². The van der Waals surface area contributed by atoms with E-state index in [0.29, 0.717) is 0 Å². The van der Waals surface area contributed by atoms with Crippen LogP contribution >= 0.6 is 11.6 Å². The van der Waals surface area contributed by atoms with E-state index in [0.717, 1.165) is 24.5 Å².